The highest BCUT2D eigenvalue weighted by Crippen LogP contribution is 2.32. The summed E-state index contributed by atoms with van der Waals surface area (Å²) in [5.74, 6) is 3.13. The van der Waals surface area contributed by atoms with Crippen LogP contribution in [0.25, 0.3) is 22.6 Å². The van der Waals surface area contributed by atoms with Crippen LogP contribution < -0.4 is 20.9 Å². The molecule has 3 aromatic rings. The van der Waals surface area contributed by atoms with Crippen molar-refractivity contribution in [2.75, 3.05) is 61.5 Å². The highest BCUT2D eigenvalue weighted by molar-refractivity contribution is 5.88. The number of anilines is 3. The number of hydrogen-bond acceptors (Lipinski definition) is 10. The van der Waals surface area contributed by atoms with E-state index in [9.17, 15) is 0 Å². The second-order valence-corrected chi connectivity index (χ2v) is 9.51. The van der Waals surface area contributed by atoms with Crippen LogP contribution in [0.15, 0.2) is 12.4 Å². The summed E-state index contributed by atoms with van der Waals surface area (Å²) >= 11 is 0. The molecule has 11 nitrogen and oxygen atoms in total. The monoisotopic (exact) mass is 480 g/mol. The van der Waals surface area contributed by atoms with Gasteiger partial charge >= 0.3 is 0 Å². The fraction of sp³-hybridized carbons (Fsp3) is 0.625. The number of nitrogens with two attached hydrogens (primary N) is 1. The summed E-state index contributed by atoms with van der Waals surface area (Å²) in [6.45, 7) is 13.2. The highest BCUT2D eigenvalue weighted by Gasteiger charge is 2.28. The predicted molar refractivity (Wildman–Crippen MR) is 138 cm³/mol. The van der Waals surface area contributed by atoms with Gasteiger partial charge in [-0.25, -0.2) is 24.9 Å². The van der Waals surface area contributed by atoms with Crippen LogP contribution in [0.2, 0.25) is 0 Å². The molecule has 2 aliphatic heterocycles. The van der Waals surface area contributed by atoms with Gasteiger partial charge in [-0.05, 0) is 12.3 Å². The molecule has 0 radical (unpaired) electrons. The smallest absolute Gasteiger partial charge is 0.219 e. The number of aromatic nitrogens is 6. The van der Waals surface area contributed by atoms with E-state index < -0.39 is 0 Å². The highest BCUT2D eigenvalue weighted by atomic mass is 16.5. The molecule has 3 aromatic heterocycles. The number of rotatable bonds is 7. The number of ether oxygens (including phenoxy) is 1. The van der Waals surface area contributed by atoms with Crippen LogP contribution >= 0.6 is 0 Å². The summed E-state index contributed by atoms with van der Waals surface area (Å²) in [4.78, 5) is 28.3. The molecule has 2 aliphatic rings. The van der Waals surface area contributed by atoms with E-state index in [2.05, 4.69) is 50.4 Å². The first kappa shape index (κ1) is 23.7. The molecule has 0 aliphatic carbocycles. The molecule has 5 heterocycles. The van der Waals surface area contributed by atoms with Gasteiger partial charge < -0.3 is 25.6 Å². The molecular formula is C24H36N10O. The van der Waals surface area contributed by atoms with Gasteiger partial charge in [0.2, 0.25) is 11.9 Å². The number of nitrogens with one attached hydrogen (secondary N) is 1. The third-order valence-corrected chi connectivity index (χ3v) is 7.02. The van der Waals surface area contributed by atoms with Crippen molar-refractivity contribution in [3.05, 3.63) is 12.4 Å². The van der Waals surface area contributed by atoms with Crippen LogP contribution in [-0.2, 0) is 11.3 Å². The number of hydrogen-bond donors (Lipinski definition) is 2. The van der Waals surface area contributed by atoms with Crippen LogP contribution in [0.4, 0.5) is 17.7 Å². The molecule has 0 spiro atoms. The van der Waals surface area contributed by atoms with Gasteiger partial charge in [0.1, 0.15) is 0 Å². The molecular weight excluding hydrogens is 444 g/mol. The summed E-state index contributed by atoms with van der Waals surface area (Å²) in [5.41, 5.74) is 8.17. The first-order valence-electron chi connectivity index (χ1n) is 12.7. The minimum absolute atomic E-state index is 0.233. The lowest BCUT2D eigenvalue weighted by Gasteiger charge is -2.34. The van der Waals surface area contributed by atoms with Crippen molar-refractivity contribution in [3.63, 3.8) is 0 Å². The number of imidazole rings is 1. The van der Waals surface area contributed by atoms with Crippen molar-refractivity contribution < 1.29 is 4.74 Å². The van der Waals surface area contributed by atoms with Gasteiger partial charge in [0.15, 0.2) is 22.8 Å². The largest absolute Gasteiger partial charge is 0.378 e. The Morgan fingerprint density at radius 2 is 1.86 bits per heavy atom. The molecule has 2 saturated heterocycles. The quantitative estimate of drug-likeness (QED) is 0.518. The third-order valence-electron chi connectivity index (χ3n) is 7.02. The lowest BCUT2D eigenvalue weighted by Crippen LogP contribution is -2.51. The average molecular weight is 481 g/mol. The minimum atomic E-state index is 0.233. The Hall–Kier alpha value is -3.05. The maximum Gasteiger partial charge on any atom is 0.219 e. The molecule has 11 heteroatoms. The topological polar surface area (TPSA) is 123 Å². The molecule has 0 aromatic carbocycles. The van der Waals surface area contributed by atoms with Crippen LogP contribution in [-0.4, -0.2) is 81.5 Å². The molecule has 2 atom stereocenters. The number of nitrogen functional groups attached to an aromatic ring is 1. The van der Waals surface area contributed by atoms with Gasteiger partial charge in [-0.3, -0.25) is 4.57 Å². The minimum Gasteiger partial charge on any atom is -0.378 e. The molecule has 1 unspecified atom stereocenters. The normalized spacial score (nSPS) is 19.9. The fourth-order valence-electron chi connectivity index (χ4n) is 4.68. The number of piperazine rings is 1. The Labute approximate surface area is 206 Å². The number of fused-ring (bicyclic) bond motifs is 1. The second kappa shape index (κ2) is 10.3. The van der Waals surface area contributed by atoms with Crippen molar-refractivity contribution in [2.45, 2.75) is 46.2 Å². The first-order valence-corrected chi connectivity index (χ1v) is 12.7. The Morgan fingerprint density at radius 3 is 2.57 bits per heavy atom. The molecule has 188 valence electrons. The SMILES string of the molecule is CCC(C)Cn1c(N2CCN[C@H](CC)C2)nc2c(N3CCOCC3)nc(-c3cnc(N)nc3)nc21. The molecule has 0 saturated carbocycles. The van der Waals surface area contributed by atoms with Crippen LogP contribution in [0.5, 0.6) is 0 Å². The molecule has 3 N–H and O–H groups in total. The Balaban J connectivity index is 1.69. The Bertz CT molecular complexity index is 1140. The van der Waals surface area contributed by atoms with Gasteiger partial charge in [-0.2, -0.15) is 0 Å². The number of nitrogens with zero attached hydrogens (tertiary/aromatic N) is 8. The van der Waals surface area contributed by atoms with E-state index in [0.29, 0.717) is 31.0 Å². The third kappa shape index (κ3) is 4.87. The molecule has 0 bridgehead atoms. The summed E-state index contributed by atoms with van der Waals surface area (Å²) in [6.07, 6.45) is 5.54. The van der Waals surface area contributed by atoms with Gasteiger partial charge in [0, 0.05) is 57.7 Å². The fourth-order valence-corrected chi connectivity index (χ4v) is 4.68. The first-order chi connectivity index (χ1) is 17.1. The van der Waals surface area contributed by atoms with E-state index in [4.69, 9.17) is 25.4 Å². The van der Waals surface area contributed by atoms with Gasteiger partial charge in [0.05, 0.1) is 18.8 Å². The van der Waals surface area contributed by atoms with Crippen molar-refractivity contribution in [2.24, 2.45) is 5.92 Å². The second-order valence-electron chi connectivity index (χ2n) is 9.51. The summed E-state index contributed by atoms with van der Waals surface area (Å²) in [6, 6.07) is 0.452. The maximum absolute atomic E-state index is 5.73. The van der Waals surface area contributed by atoms with Crippen molar-refractivity contribution in [3.8, 4) is 11.4 Å². The van der Waals surface area contributed by atoms with Gasteiger partial charge in [-0.1, -0.05) is 27.2 Å². The summed E-state index contributed by atoms with van der Waals surface area (Å²) < 4.78 is 7.92. The maximum atomic E-state index is 5.73. The predicted octanol–water partition coefficient (Wildman–Crippen LogP) is 1.94. The molecule has 35 heavy (non-hydrogen) atoms. The van der Waals surface area contributed by atoms with E-state index in [1.165, 1.54) is 0 Å². The summed E-state index contributed by atoms with van der Waals surface area (Å²) in [7, 11) is 0. The molecule has 5 rings (SSSR count). The van der Waals surface area contributed by atoms with Gasteiger partial charge in [-0.15, -0.1) is 0 Å². The van der Waals surface area contributed by atoms with E-state index in [-0.39, 0.29) is 5.95 Å². The zero-order valence-corrected chi connectivity index (χ0v) is 20.9. The van der Waals surface area contributed by atoms with Crippen molar-refractivity contribution in [1.82, 2.24) is 34.8 Å². The van der Waals surface area contributed by atoms with E-state index in [1.54, 1.807) is 12.4 Å². The van der Waals surface area contributed by atoms with Crippen LogP contribution in [0.1, 0.15) is 33.6 Å². The lowest BCUT2D eigenvalue weighted by atomic mass is 10.1. The lowest BCUT2D eigenvalue weighted by molar-refractivity contribution is 0.122. The van der Waals surface area contributed by atoms with E-state index in [1.807, 2.05) is 0 Å². The van der Waals surface area contributed by atoms with Gasteiger partial charge in [0.25, 0.3) is 0 Å². The van der Waals surface area contributed by atoms with E-state index in [0.717, 1.165) is 80.6 Å². The zero-order valence-electron chi connectivity index (χ0n) is 20.9. The number of morpholine rings is 1. The Kier molecular flexibility index (Phi) is 6.96. The molecule has 0 amide bonds. The molecule has 2 fully saturated rings. The van der Waals surface area contributed by atoms with Crippen LogP contribution in [0, 0.1) is 5.92 Å². The average Bonchev–Trinajstić information content (AvgIpc) is 3.27. The van der Waals surface area contributed by atoms with Crippen LogP contribution in [0.3, 0.4) is 0 Å². The Morgan fingerprint density at radius 1 is 1.09 bits per heavy atom. The standard InChI is InChI=1S/C24H36N10O/c1-4-16(3)14-34-22-19(29-24(34)33-7-6-26-18(5-2)15-33)21(32-8-10-35-11-9-32)30-20(31-22)17-12-27-23(25)28-13-17/h12-13,16,18,26H,4-11,14-15H2,1-3H3,(H2,25,27,28)/t16?,18-/m1/s1. The summed E-state index contributed by atoms with van der Waals surface area (Å²) in [5, 5.41) is 3.62. The van der Waals surface area contributed by atoms with E-state index >= 15 is 0 Å². The van der Waals surface area contributed by atoms with Crippen molar-refractivity contribution in [1.29, 1.82) is 0 Å². The zero-order chi connectivity index (χ0) is 24.4. The van der Waals surface area contributed by atoms with Crippen molar-refractivity contribution >= 4 is 28.9 Å².